The van der Waals surface area contributed by atoms with E-state index in [-0.39, 0.29) is 0 Å². The number of hydrogen-bond acceptors (Lipinski definition) is 2. The maximum absolute atomic E-state index is 13.4. The van der Waals surface area contributed by atoms with Crippen LogP contribution in [0.15, 0.2) is 27.1 Å². The molecule has 0 unspecified atom stereocenters. The molecule has 0 aromatic heterocycles. The largest absolute Gasteiger partial charge is 0.314 e. The Morgan fingerprint density at radius 3 is 2.44 bits per heavy atom. The SMILES string of the molecule is FC(F)[C@@H](c1cc(Br)ccc1Br)N1CCNCC1. The molecule has 1 saturated heterocycles. The highest BCUT2D eigenvalue weighted by Gasteiger charge is 2.31. The molecule has 0 aliphatic carbocycles. The first-order valence-corrected chi connectivity index (χ1v) is 7.36. The maximum Gasteiger partial charge on any atom is 0.258 e. The number of alkyl halides is 2. The zero-order chi connectivity index (χ0) is 13.1. The average molecular weight is 384 g/mol. The summed E-state index contributed by atoms with van der Waals surface area (Å²) in [4.78, 5) is 1.84. The molecule has 0 bridgehead atoms. The minimum atomic E-state index is -2.39. The highest BCUT2D eigenvalue weighted by Crippen LogP contribution is 2.34. The molecule has 0 radical (unpaired) electrons. The topological polar surface area (TPSA) is 15.3 Å². The van der Waals surface area contributed by atoms with E-state index in [4.69, 9.17) is 0 Å². The first-order chi connectivity index (χ1) is 8.59. The molecule has 1 atom stereocenters. The summed E-state index contributed by atoms with van der Waals surface area (Å²) in [6.45, 7) is 2.81. The van der Waals surface area contributed by atoms with Crippen LogP contribution in [-0.2, 0) is 0 Å². The lowest BCUT2D eigenvalue weighted by Crippen LogP contribution is -2.47. The second-order valence-electron chi connectivity index (χ2n) is 4.23. The summed E-state index contributed by atoms with van der Waals surface area (Å²) in [6, 6.07) is 4.56. The minimum Gasteiger partial charge on any atom is -0.314 e. The molecule has 1 aliphatic heterocycles. The molecular weight excluding hydrogens is 370 g/mol. The molecule has 1 heterocycles. The van der Waals surface area contributed by atoms with E-state index in [1.807, 2.05) is 11.0 Å². The van der Waals surface area contributed by atoms with Gasteiger partial charge in [0.15, 0.2) is 0 Å². The van der Waals surface area contributed by atoms with E-state index in [1.54, 1.807) is 12.1 Å². The molecule has 0 spiro atoms. The van der Waals surface area contributed by atoms with E-state index >= 15 is 0 Å². The van der Waals surface area contributed by atoms with E-state index < -0.39 is 12.5 Å². The molecule has 100 valence electrons. The molecule has 1 N–H and O–H groups in total. The van der Waals surface area contributed by atoms with Crippen molar-refractivity contribution in [2.24, 2.45) is 0 Å². The van der Waals surface area contributed by atoms with Crippen molar-refractivity contribution in [2.75, 3.05) is 26.2 Å². The lowest BCUT2D eigenvalue weighted by Gasteiger charge is -2.35. The van der Waals surface area contributed by atoms with Crippen molar-refractivity contribution in [2.45, 2.75) is 12.5 Å². The van der Waals surface area contributed by atoms with Gasteiger partial charge in [-0.3, -0.25) is 4.90 Å². The zero-order valence-electron chi connectivity index (χ0n) is 9.67. The van der Waals surface area contributed by atoms with Crippen molar-refractivity contribution >= 4 is 31.9 Å². The van der Waals surface area contributed by atoms with Gasteiger partial charge in [0.05, 0.1) is 6.04 Å². The second kappa shape index (κ2) is 6.41. The van der Waals surface area contributed by atoms with Gasteiger partial charge in [-0.15, -0.1) is 0 Å². The zero-order valence-corrected chi connectivity index (χ0v) is 12.8. The Hall–Kier alpha value is -0.0400. The van der Waals surface area contributed by atoms with Crippen LogP contribution in [0.3, 0.4) is 0 Å². The number of halogens is 4. The summed E-state index contributed by atoms with van der Waals surface area (Å²) in [7, 11) is 0. The van der Waals surface area contributed by atoms with Crippen LogP contribution in [-0.4, -0.2) is 37.5 Å². The Bertz CT molecular complexity index is 409. The van der Waals surface area contributed by atoms with Gasteiger partial charge in [-0.25, -0.2) is 8.78 Å². The van der Waals surface area contributed by atoms with Gasteiger partial charge in [-0.2, -0.15) is 0 Å². The van der Waals surface area contributed by atoms with E-state index in [2.05, 4.69) is 37.2 Å². The summed E-state index contributed by atoms with van der Waals surface area (Å²) < 4.78 is 28.3. The lowest BCUT2D eigenvalue weighted by molar-refractivity contribution is 0.0178. The molecule has 1 aliphatic rings. The standard InChI is InChI=1S/C12H14Br2F2N2/c13-8-1-2-10(14)9(7-8)11(12(15)16)18-5-3-17-4-6-18/h1-2,7,11-12,17H,3-6H2/t11-/m1/s1. The van der Waals surface area contributed by atoms with Gasteiger partial charge in [-0.05, 0) is 23.8 Å². The Labute approximate surface area is 122 Å². The quantitative estimate of drug-likeness (QED) is 0.860. The molecule has 1 fully saturated rings. The van der Waals surface area contributed by atoms with Crippen LogP contribution in [0.5, 0.6) is 0 Å². The summed E-state index contributed by atoms with van der Waals surface area (Å²) in [5.74, 6) is 0. The summed E-state index contributed by atoms with van der Waals surface area (Å²) in [5.41, 5.74) is 0.640. The number of piperazine rings is 1. The summed E-state index contributed by atoms with van der Waals surface area (Å²) in [6.07, 6.45) is -2.39. The van der Waals surface area contributed by atoms with Crippen LogP contribution in [0.2, 0.25) is 0 Å². The number of benzene rings is 1. The first kappa shape index (κ1) is 14.4. The van der Waals surface area contributed by atoms with Crippen LogP contribution in [0.4, 0.5) is 8.78 Å². The van der Waals surface area contributed by atoms with Crippen LogP contribution in [0.1, 0.15) is 11.6 Å². The summed E-state index contributed by atoms with van der Waals surface area (Å²) >= 11 is 6.71. The molecule has 1 aromatic rings. The maximum atomic E-state index is 13.4. The van der Waals surface area contributed by atoms with Crippen molar-refractivity contribution < 1.29 is 8.78 Å². The van der Waals surface area contributed by atoms with Gasteiger partial charge in [0.2, 0.25) is 0 Å². The Balaban J connectivity index is 2.31. The van der Waals surface area contributed by atoms with Crippen molar-refractivity contribution in [3.63, 3.8) is 0 Å². The average Bonchev–Trinajstić information content (AvgIpc) is 2.35. The number of hydrogen-bond donors (Lipinski definition) is 1. The minimum absolute atomic E-state index is 0.640. The van der Waals surface area contributed by atoms with Crippen LogP contribution >= 0.6 is 31.9 Å². The molecule has 0 saturated carbocycles. The molecule has 2 nitrogen and oxygen atoms in total. The van der Waals surface area contributed by atoms with Crippen molar-refractivity contribution in [1.82, 2.24) is 10.2 Å². The van der Waals surface area contributed by atoms with Gasteiger partial charge in [0.1, 0.15) is 0 Å². The van der Waals surface area contributed by atoms with E-state index in [0.717, 1.165) is 22.0 Å². The molecule has 0 amide bonds. The van der Waals surface area contributed by atoms with Gasteiger partial charge in [0.25, 0.3) is 6.43 Å². The fourth-order valence-corrected chi connectivity index (χ4v) is 3.05. The smallest absolute Gasteiger partial charge is 0.258 e. The lowest BCUT2D eigenvalue weighted by atomic mass is 10.0. The molecular formula is C12H14Br2F2N2. The third-order valence-electron chi connectivity index (χ3n) is 3.06. The van der Waals surface area contributed by atoms with E-state index in [0.29, 0.717) is 18.7 Å². The summed E-state index contributed by atoms with van der Waals surface area (Å²) in [5, 5.41) is 3.18. The van der Waals surface area contributed by atoms with Gasteiger partial charge >= 0.3 is 0 Å². The fraction of sp³-hybridized carbons (Fsp3) is 0.500. The normalized spacial score (nSPS) is 19.2. The Morgan fingerprint density at radius 2 is 1.83 bits per heavy atom. The Morgan fingerprint density at radius 1 is 1.17 bits per heavy atom. The molecule has 2 rings (SSSR count). The molecule has 18 heavy (non-hydrogen) atoms. The third kappa shape index (κ3) is 3.29. The van der Waals surface area contributed by atoms with Gasteiger partial charge in [-0.1, -0.05) is 31.9 Å². The number of rotatable bonds is 3. The van der Waals surface area contributed by atoms with Crippen LogP contribution in [0.25, 0.3) is 0 Å². The van der Waals surface area contributed by atoms with Crippen LogP contribution < -0.4 is 5.32 Å². The first-order valence-electron chi connectivity index (χ1n) is 5.77. The monoisotopic (exact) mass is 382 g/mol. The van der Waals surface area contributed by atoms with Crippen molar-refractivity contribution in [3.05, 3.63) is 32.7 Å². The van der Waals surface area contributed by atoms with Gasteiger partial charge in [0, 0.05) is 35.1 Å². The third-order valence-corrected chi connectivity index (χ3v) is 4.28. The van der Waals surface area contributed by atoms with Crippen molar-refractivity contribution in [1.29, 1.82) is 0 Å². The number of nitrogens with zero attached hydrogens (tertiary/aromatic N) is 1. The van der Waals surface area contributed by atoms with Crippen LogP contribution in [0, 0.1) is 0 Å². The van der Waals surface area contributed by atoms with Gasteiger partial charge < -0.3 is 5.32 Å². The van der Waals surface area contributed by atoms with E-state index in [9.17, 15) is 8.78 Å². The van der Waals surface area contributed by atoms with E-state index in [1.165, 1.54) is 0 Å². The van der Waals surface area contributed by atoms with Crippen molar-refractivity contribution in [3.8, 4) is 0 Å². The Kier molecular flexibility index (Phi) is 5.12. The second-order valence-corrected chi connectivity index (χ2v) is 6.00. The number of nitrogens with one attached hydrogen (secondary N) is 1. The highest BCUT2D eigenvalue weighted by atomic mass is 79.9. The predicted octanol–water partition coefficient (Wildman–Crippen LogP) is 3.42. The highest BCUT2D eigenvalue weighted by molar-refractivity contribution is 9.11. The predicted molar refractivity (Wildman–Crippen MR) is 75.0 cm³/mol. The fourth-order valence-electron chi connectivity index (χ4n) is 2.19. The molecule has 1 aromatic carbocycles. The molecule has 6 heteroatoms.